The van der Waals surface area contributed by atoms with Crippen molar-refractivity contribution in [3.05, 3.63) is 53.1 Å². The maximum absolute atomic E-state index is 13.5. The number of nitrogens with one attached hydrogen (secondary N) is 2. The lowest BCUT2D eigenvalue weighted by Gasteiger charge is -2.24. The molecule has 1 aromatic carbocycles. The van der Waals surface area contributed by atoms with Gasteiger partial charge in [0.05, 0.1) is 13.4 Å². The van der Waals surface area contributed by atoms with Crippen molar-refractivity contribution in [1.29, 1.82) is 0 Å². The maximum atomic E-state index is 13.5. The van der Waals surface area contributed by atoms with E-state index in [4.69, 9.17) is 9.47 Å². The summed E-state index contributed by atoms with van der Waals surface area (Å²) in [4.78, 5) is 60.5. The summed E-state index contributed by atoms with van der Waals surface area (Å²) in [6.07, 6.45) is 3.10. The Labute approximate surface area is 208 Å². The number of imidazole rings is 1. The van der Waals surface area contributed by atoms with Crippen molar-refractivity contribution in [3.8, 4) is 11.5 Å². The number of aromatic nitrogens is 3. The van der Waals surface area contributed by atoms with Gasteiger partial charge in [0, 0.05) is 30.7 Å². The summed E-state index contributed by atoms with van der Waals surface area (Å²) in [6, 6.07) is 1.96. The van der Waals surface area contributed by atoms with Crippen molar-refractivity contribution in [1.82, 2.24) is 24.8 Å². The minimum absolute atomic E-state index is 0.00455. The highest BCUT2D eigenvalue weighted by atomic mass is 32.1. The van der Waals surface area contributed by atoms with Crippen LogP contribution in [-0.4, -0.2) is 63.2 Å². The fraction of sp³-hybridized carbons (Fsp3) is 0.273. The monoisotopic (exact) mass is 512 g/mol. The van der Waals surface area contributed by atoms with Gasteiger partial charge in [-0.15, -0.1) is 11.3 Å². The molecular formula is C22H20N6O7S. The molecule has 13 nitrogen and oxygen atoms in total. The molecule has 2 aromatic heterocycles. The van der Waals surface area contributed by atoms with Crippen LogP contribution < -0.4 is 20.1 Å². The molecule has 186 valence electrons. The number of thiazole rings is 1. The van der Waals surface area contributed by atoms with Gasteiger partial charge in [-0.25, -0.2) is 24.5 Å². The Morgan fingerprint density at radius 2 is 2.11 bits per heavy atom. The Hall–Kier alpha value is -4.46. The smallest absolute Gasteiger partial charge is 0.357 e. The minimum Gasteiger partial charge on any atom is -0.464 e. The number of urea groups is 1. The molecule has 1 fully saturated rings. The number of imide groups is 1. The summed E-state index contributed by atoms with van der Waals surface area (Å²) in [5.74, 6) is -0.913. The van der Waals surface area contributed by atoms with Gasteiger partial charge in [0.2, 0.25) is 12.7 Å². The summed E-state index contributed by atoms with van der Waals surface area (Å²) in [7, 11) is 2.96. The van der Waals surface area contributed by atoms with Crippen LogP contribution in [0.25, 0.3) is 0 Å². The first-order chi connectivity index (χ1) is 17.4. The summed E-state index contributed by atoms with van der Waals surface area (Å²) in [5, 5.41) is 6.80. The molecule has 4 amide bonds. The Morgan fingerprint density at radius 3 is 2.86 bits per heavy atom. The molecule has 4 heterocycles. The number of amides is 4. The van der Waals surface area contributed by atoms with Crippen LogP contribution in [0, 0.1) is 0 Å². The number of rotatable bonds is 7. The third kappa shape index (κ3) is 4.22. The number of carbonyl (C=O) groups excluding carboxylic acids is 4. The predicted molar refractivity (Wildman–Crippen MR) is 123 cm³/mol. The Balaban J connectivity index is 1.42. The van der Waals surface area contributed by atoms with Gasteiger partial charge in [0.15, 0.2) is 22.3 Å². The second-order valence-electron chi connectivity index (χ2n) is 7.94. The van der Waals surface area contributed by atoms with Gasteiger partial charge in [-0.2, -0.15) is 0 Å². The van der Waals surface area contributed by atoms with Crippen LogP contribution in [0.5, 0.6) is 11.5 Å². The van der Waals surface area contributed by atoms with Crippen LogP contribution in [0.2, 0.25) is 0 Å². The molecule has 36 heavy (non-hydrogen) atoms. The van der Waals surface area contributed by atoms with Crippen LogP contribution in [0.15, 0.2) is 36.1 Å². The van der Waals surface area contributed by atoms with Gasteiger partial charge in [0.1, 0.15) is 12.1 Å². The van der Waals surface area contributed by atoms with Crippen molar-refractivity contribution >= 4 is 40.3 Å². The van der Waals surface area contributed by atoms with E-state index in [1.807, 2.05) is 0 Å². The second-order valence-corrected chi connectivity index (χ2v) is 8.80. The van der Waals surface area contributed by atoms with Crippen molar-refractivity contribution < 1.29 is 33.4 Å². The lowest BCUT2D eigenvalue weighted by molar-refractivity contribution is -0.134. The van der Waals surface area contributed by atoms with E-state index in [2.05, 4.69) is 25.3 Å². The first-order valence-corrected chi connectivity index (χ1v) is 11.6. The van der Waals surface area contributed by atoms with E-state index in [-0.39, 0.29) is 24.0 Å². The van der Waals surface area contributed by atoms with E-state index < -0.39 is 35.9 Å². The molecule has 2 aliphatic rings. The highest BCUT2D eigenvalue weighted by Crippen LogP contribution is 2.36. The van der Waals surface area contributed by atoms with E-state index in [1.165, 1.54) is 12.5 Å². The molecule has 2 N–H and O–H groups in total. The zero-order valence-electron chi connectivity index (χ0n) is 19.1. The Kier molecular flexibility index (Phi) is 6.01. The number of carbonyl (C=O) groups is 4. The number of anilines is 1. The van der Waals surface area contributed by atoms with Crippen LogP contribution in [0.3, 0.4) is 0 Å². The van der Waals surface area contributed by atoms with Crippen LogP contribution in [0.1, 0.15) is 27.8 Å². The number of hydrogen-bond donors (Lipinski definition) is 2. The molecule has 0 radical (unpaired) electrons. The van der Waals surface area contributed by atoms with Crippen LogP contribution >= 0.6 is 11.3 Å². The van der Waals surface area contributed by atoms with Gasteiger partial charge in [-0.3, -0.25) is 9.59 Å². The molecule has 3 aromatic rings. The molecule has 0 saturated carbocycles. The molecule has 0 spiro atoms. The fourth-order valence-corrected chi connectivity index (χ4v) is 4.59. The standard InChI is InChI=1S/C22H20N6O7S/c1-27-9-23-7-12(27)6-14(18(29)26-21-24-13(8-36-21)20(31)33-2)28-19(30)17(25-22(28)32)11-3-4-15-16(5-11)35-10-34-15/h3-5,7-9,14,17H,6,10H2,1-2H3,(H,25,32)(H,24,26,29)/t14-,17?/m0/s1. The van der Waals surface area contributed by atoms with Crippen molar-refractivity contribution in [2.75, 3.05) is 19.2 Å². The lowest BCUT2D eigenvalue weighted by Crippen LogP contribution is -2.49. The highest BCUT2D eigenvalue weighted by molar-refractivity contribution is 7.14. The first-order valence-electron chi connectivity index (χ1n) is 10.7. The lowest BCUT2D eigenvalue weighted by atomic mass is 10.0. The van der Waals surface area contributed by atoms with Gasteiger partial charge in [-0.05, 0) is 17.7 Å². The number of fused-ring (bicyclic) bond motifs is 1. The van der Waals surface area contributed by atoms with Gasteiger partial charge < -0.3 is 29.4 Å². The molecule has 1 unspecified atom stereocenters. The van der Waals surface area contributed by atoms with Crippen molar-refractivity contribution in [3.63, 3.8) is 0 Å². The quantitative estimate of drug-likeness (QED) is 0.351. The van der Waals surface area contributed by atoms with Crippen LogP contribution in [0.4, 0.5) is 9.93 Å². The van der Waals surface area contributed by atoms with E-state index >= 15 is 0 Å². The second kappa shape index (κ2) is 9.30. The Morgan fingerprint density at radius 1 is 1.31 bits per heavy atom. The zero-order valence-corrected chi connectivity index (χ0v) is 19.9. The summed E-state index contributed by atoms with van der Waals surface area (Å²) < 4.78 is 17.0. The van der Waals surface area contributed by atoms with E-state index in [1.54, 1.807) is 42.3 Å². The number of hydrogen-bond acceptors (Lipinski definition) is 10. The van der Waals surface area contributed by atoms with Crippen LogP contribution in [-0.2, 0) is 27.8 Å². The average molecular weight is 513 g/mol. The third-order valence-corrected chi connectivity index (χ3v) is 6.52. The predicted octanol–water partition coefficient (Wildman–Crippen LogP) is 1.23. The Bertz CT molecular complexity index is 1370. The highest BCUT2D eigenvalue weighted by Gasteiger charge is 2.46. The van der Waals surface area contributed by atoms with Crippen molar-refractivity contribution in [2.24, 2.45) is 7.05 Å². The fourth-order valence-electron chi connectivity index (χ4n) is 3.91. The normalized spacial score (nSPS) is 17.2. The van der Waals surface area contributed by atoms with Gasteiger partial charge in [-0.1, -0.05) is 6.07 Å². The largest absolute Gasteiger partial charge is 0.464 e. The van der Waals surface area contributed by atoms with Gasteiger partial charge >= 0.3 is 12.0 Å². The number of esters is 1. The number of ether oxygens (including phenoxy) is 3. The first kappa shape index (κ1) is 23.3. The molecule has 14 heteroatoms. The molecule has 2 atom stereocenters. The molecular weight excluding hydrogens is 492 g/mol. The van der Waals surface area contributed by atoms with E-state index in [9.17, 15) is 19.2 Å². The molecule has 5 rings (SSSR count). The minimum atomic E-state index is -1.22. The third-order valence-electron chi connectivity index (χ3n) is 5.76. The van der Waals surface area contributed by atoms with E-state index in [0.717, 1.165) is 16.2 Å². The molecule has 0 aliphatic carbocycles. The molecule has 0 bridgehead atoms. The van der Waals surface area contributed by atoms with Crippen molar-refractivity contribution in [2.45, 2.75) is 18.5 Å². The summed E-state index contributed by atoms with van der Waals surface area (Å²) in [6.45, 7) is 0.0667. The number of methoxy groups -OCH3 is 1. The molecule has 1 saturated heterocycles. The average Bonchev–Trinajstić information content (AvgIpc) is 3.65. The summed E-state index contributed by atoms with van der Waals surface area (Å²) >= 11 is 1.01. The SMILES string of the molecule is COC(=O)c1csc(NC(=O)[C@H](Cc2cncn2C)N2C(=O)NC(c3ccc4c(c3)OCO4)C2=O)n1. The zero-order chi connectivity index (χ0) is 25.4. The van der Waals surface area contributed by atoms with Gasteiger partial charge in [0.25, 0.3) is 5.91 Å². The number of aryl methyl sites for hydroxylation is 1. The number of benzene rings is 1. The number of nitrogens with zero attached hydrogens (tertiary/aromatic N) is 4. The topological polar surface area (TPSA) is 154 Å². The van der Waals surface area contributed by atoms with E-state index in [0.29, 0.717) is 22.8 Å². The summed E-state index contributed by atoms with van der Waals surface area (Å²) in [5.41, 5.74) is 1.14. The maximum Gasteiger partial charge on any atom is 0.357 e. The molecule has 2 aliphatic heterocycles.